The Bertz CT molecular complexity index is 428. The van der Waals surface area contributed by atoms with Crippen molar-refractivity contribution >= 4 is 38.3 Å². The number of benzene rings is 1. The fourth-order valence-corrected chi connectivity index (χ4v) is 1.76. The molecule has 1 aromatic heterocycles. The number of rotatable bonds is 0. The second-order valence-electron chi connectivity index (χ2n) is 2.46. The van der Waals surface area contributed by atoms with Gasteiger partial charge < -0.3 is 0 Å². The molecule has 0 saturated carbocycles. The van der Waals surface area contributed by atoms with E-state index in [9.17, 15) is 0 Å². The first-order valence-electron chi connectivity index (χ1n) is 3.47. The molecule has 1 nitrogen and oxygen atoms in total. The Morgan fingerprint density at radius 1 is 1.25 bits per heavy atom. The van der Waals surface area contributed by atoms with Gasteiger partial charge in [0.15, 0.2) is 0 Å². The zero-order chi connectivity index (χ0) is 8.55. The molecular weight excluding hydrogens is 237 g/mol. The average molecular weight is 243 g/mol. The maximum Gasteiger partial charge on any atom is 0.0554 e. The summed E-state index contributed by atoms with van der Waals surface area (Å²) in [6, 6.07) is 5.75. The summed E-state index contributed by atoms with van der Waals surface area (Å²) < 4.78 is 0.934. The fourth-order valence-electron chi connectivity index (χ4n) is 1.10. The molecule has 2 rings (SSSR count). The molecule has 0 fully saturated rings. The molecule has 0 atom stereocenters. The van der Waals surface area contributed by atoms with Crippen molar-refractivity contribution in [3.63, 3.8) is 0 Å². The summed E-state index contributed by atoms with van der Waals surface area (Å²) in [5, 5.41) is 2.92. The van der Waals surface area contributed by atoms with Crippen LogP contribution in [-0.2, 0) is 0 Å². The van der Waals surface area contributed by atoms with Crippen LogP contribution in [0.3, 0.4) is 0 Å². The number of halogens is 2. The number of aromatic nitrogens is 1. The highest BCUT2D eigenvalue weighted by atomic mass is 79.9. The molecule has 2 aromatic rings. The Labute approximate surface area is 83.5 Å². The molecule has 0 spiro atoms. The second-order valence-corrected chi connectivity index (χ2v) is 3.66. The molecule has 1 aromatic carbocycles. The number of nitrogens with zero attached hydrogens (tertiary/aromatic N) is 1. The molecule has 0 N–H and O–H groups in total. The maximum atomic E-state index is 5.92. The van der Waals surface area contributed by atoms with Gasteiger partial charge in [0.05, 0.1) is 5.02 Å². The molecule has 3 heteroatoms. The van der Waals surface area contributed by atoms with Crippen LogP contribution in [0.4, 0.5) is 0 Å². The van der Waals surface area contributed by atoms with Gasteiger partial charge in [-0.2, -0.15) is 0 Å². The first-order chi connectivity index (χ1) is 5.79. The van der Waals surface area contributed by atoms with Crippen molar-refractivity contribution in [1.29, 1.82) is 0 Å². The number of hydrogen-bond donors (Lipinski definition) is 0. The van der Waals surface area contributed by atoms with Crippen molar-refractivity contribution in [1.82, 2.24) is 4.98 Å². The minimum atomic E-state index is 0.730. The Balaban J connectivity index is 2.91. The smallest absolute Gasteiger partial charge is 0.0554 e. The van der Waals surface area contributed by atoms with E-state index in [1.165, 1.54) is 0 Å². The van der Waals surface area contributed by atoms with Crippen LogP contribution in [0.5, 0.6) is 0 Å². The van der Waals surface area contributed by atoms with Crippen LogP contribution in [0.2, 0.25) is 5.02 Å². The average Bonchev–Trinajstić information content (AvgIpc) is 2.12. The molecule has 0 aliphatic rings. The van der Waals surface area contributed by atoms with Crippen LogP contribution in [0.25, 0.3) is 10.8 Å². The monoisotopic (exact) mass is 241 g/mol. The second kappa shape index (κ2) is 3.04. The molecule has 1 heterocycles. The SMILES string of the molecule is Clc1ccc2cnccc2c1Br. The fraction of sp³-hybridized carbons (Fsp3) is 0. The van der Waals surface area contributed by atoms with Gasteiger partial charge in [0.1, 0.15) is 0 Å². The third kappa shape index (κ3) is 1.21. The summed E-state index contributed by atoms with van der Waals surface area (Å²) in [6.07, 6.45) is 3.57. The largest absolute Gasteiger partial charge is 0.264 e. The highest BCUT2D eigenvalue weighted by Crippen LogP contribution is 2.30. The first kappa shape index (κ1) is 8.02. The maximum absolute atomic E-state index is 5.92. The minimum Gasteiger partial charge on any atom is -0.264 e. The summed E-state index contributed by atoms with van der Waals surface area (Å²) in [4.78, 5) is 4.02. The Kier molecular flexibility index (Phi) is 2.03. The quantitative estimate of drug-likeness (QED) is 0.687. The summed E-state index contributed by atoms with van der Waals surface area (Å²) in [5.41, 5.74) is 0. The molecule has 0 amide bonds. The lowest BCUT2D eigenvalue weighted by Crippen LogP contribution is -1.77. The molecule has 60 valence electrons. The van der Waals surface area contributed by atoms with E-state index < -0.39 is 0 Å². The number of fused-ring (bicyclic) bond motifs is 1. The van der Waals surface area contributed by atoms with Crippen molar-refractivity contribution in [2.45, 2.75) is 0 Å². The molecule has 0 saturated heterocycles. The third-order valence-corrected chi connectivity index (χ3v) is 3.10. The first-order valence-corrected chi connectivity index (χ1v) is 4.64. The van der Waals surface area contributed by atoms with Crippen molar-refractivity contribution < 1.29 is 0 Å². The van der Waals surface area contributed by atoms with Gasteiger partial charge in [-0.3, -0.25) is 4.98 Å². The molecular formula is C9H5BrClN. The zero-order valence-electron chi connectivity index (χ0n) is 6.09. The Morgan fingerprint density at radius 3 is 2.92 bits per heavy atom. The van der Waals surface area contributed by atoms with Gasteiger partial charge in [-0.15, -0.1) is 0 Å². The lowest BCUT2D eigenvalue weighted by atomic mass is 10.2. The minimum absolute atomic E-state index is 0.730. The van der Waals surface area contributed by atoms with Crippen molar-refractivity contribution in [2.24, 2.45) is 0 Å². The normalized spacial score (nSPS) is 10.5. The van der Waals surface area contributed by atoms with Gasteiger partial charge in [0.25, 0.3) is 0 Å². The van der Waals surface area contributed by atoms with E-state index in [1.54, 1.807) is 6.20 Å². The van der Waals surface area contributed by atoms with Crippen LogP contribution < -0.4 is 0 Å². The molecule has 0 bridgehead atoms. The Morgan fingerprint density at radius 2 is 2.08 bits per heavy atom. The number of hydrogen-bond acceptors (Lipinski definition) is 1. The van der Waals surface area contributed by atoms with E-state index in [0.29, 0.717) is 0 Å². The van der Waals surface area contributed by atoms with Crippen molar-refractivity contribution in [2.75, 3.05) is 0 Å². The van der Waals surface area contributed by atoms with Gasteiger partial charge in [-0.05, 0) is 28.1 Å². The summed E-state index contributed by atoms with van der Waals surface area (Å²) >= 11 is 9.34. The van der Waals surface area contributed by atoms with E-state index in [2.05, 4.69) is 20.9 Å². The predicted octanol–water partition coefficient (Wildman–Crippen LogP) is 3.65. The van der Waals surface area contributed by atoms with Crippen LogP contribution in [0.15, 0.2) is 35.1 Å². The van der Waals surface area contributed by atoms with E-state index in [4.69, 9.17) is 11.6 Å². The lowest BCUT2D eigenvalue weighted by molar-refractivity contribution is 1.36. The lowest BCUT2D eigenvalue weighted by Gasteiger charge is -2.00. The number of pyridine rings is 1. The van der Waals surface area contributed by atoms with Gasteiger partial charge in [-0.25, -0.2) is 0 Å². The predicted molar refractivity (Wildman–Crippen MR) is 54.5 cm³/mol. The van der Waals surface area contributed by atoms with E-state index in [1.807, 2.05) is 24.4 Å². The van der Waals surface area contributed by atoms with E-state index in [-0.39, 0.29) is 0 Å². The summed E-state index contributed by atoms with van der Waals surface area (Å²) in [6.45, 7) is 0. The van der Waals surface area contributed by atoms with Gasteiger partial charge in [0.2, 0.25) is 0 Å². The van der Waals surface area contributed by atoms with Gasteiger partial charge >= 0.3 is 0 Å². The summed E-state index contributed by atoms with van der Waals surface area (Å²) in [7, 11) is 0. The molecule has 0 radical (unpaired) electrons. The van der Waals surface area contributed by atoms with E-state index in [0.717, 1.165) is 20.3 Å². The molecule has 0 aliphatic heterocycles. The standard InChI is InChI=1S/C9H5BrClN/c10-9-7-3-4-12-5-6(7)1-2-8(9)11/h1-5H. The van der Waals surface area contributed by atoms with Crippen LogP contribution in [-0.4, -0.2) is 4.98 Å². The highest BCUT2D eigenvalue weighted by Gasteiger charge is 2.01. The van der Waals surface area contributed by atoms with Crippen molar-refractivity contribution in [3.05, 3.63) is 40.1 Å². The van der Waals surface area contributed by atoms with Crippen LogP contribution in [0.1, 0.15) is 0 Å². The molecule has 0 unspecified atom stereocenters. The third-order valence-electron chi connectivity index (χ3n) is 1.71. The topological polar surface area (TPSA) is 12.9 Å². The van der Waals surface area contributed by atoms with Crippen LogP contribution in [0, 0.1) is 0 Å². The zero-order valence-corrected chi connectivity index (χ0v) is 8.43. The van der Waals surface area contributed by atoms with Crippen molar-refractivity contribution in [3.8, 4) is 0 Å². The van der Waals surface area contributed by atoms with Crippen LogP contribution >= 0.6 is 27.5 Å². The molecule has 0 aliphatic carbocycles. The summed E-state index contributed by atoms with van der Waals surface area (Å²) in [5.74, 6) is 0. The Hall–Kier alpha value is -0.600. The van der Waals surface area contributed by atoms with E-state index >= 15 is 0 Å². The van der Waals surface area contributed by atoms with Gasteiger partial charge in [0, 0.05) is 27.6 Å². The molecule has 12 heavy (non-hydrogen) atoms. The highest BCUT2D eigenvalue weighted by molar-refractivity contribution is 9.10. The van der Waals surface area contributed by atoms with Gasteiger partial charge in [-0.1, -0.05) is 17.7 Å².